The summed E-state index contributed by atoms with van der Waals surface area (Å²) in [5, 5.41) is 15.9. The van der Waals surface area contributed by atoms with Gasteiger partial charge >= 0.3 is 5.69 Å². The highest BCUT2D eigenvalue weighted by Gasteiger charge is 2.21. The molecule has 0 saturated carbocycles. The Kier molecular flexibility index (Phi) is 5.51. The lowest BCUT2D eigenvalue weighted by atomic mass is 10.1. The van der Waals surface area contributed by atoms with Crippen LogP contribution in [-0.2, 0) is 20.6 Å². The van der Waals surface area contributed by atoms with Gasteiger partial charge in [-0.3, -0.25) is 13.9 Å². The largest absolute Gasteiger partial charge is 0.491 e. The van der Waals surface area contributed by atoms with Crippen molar-refractivity contribution in [2.75, 3.05) is 18.5 Å². The number of rotatable bonds is 7. The van der Waals surface area contributed by atoms with E-state index < -0.39 is 17.4 Å². The van der Waals surface area contributed by atoms with Gasteiger partial charge in [0.1, 0.15) is 18.5 Å². The molecule has 162 valence electrons. The Balaban J connectivity index is 1.61. The van der Waals surface area contributed by atoms with E-state index >= 15 is 0 Å². The summed E-state index contributed by atoms with van der Waals surface area (Å²) in [5.41, 5.74) is -0.389. The lowest BCUT2D eigenvalue weighted by Crippen LogP contribution is -2.38. The zero-order valence-electron chi connectivity index (χ0n) is 17.7. The van der Waals surface area contributed by atoms with Crippen molar-refractivity contribution in [3.8, 4) is 5.75 Å². The fourth-order valence-electron chi connectivity index (χ4n) is 3.63. The van der Waals surface area contributed by atoms with Crippen LogP contribution in [0.1, 0.15) is 6.92 Å². The second-order valence-electron chi connectivity index (χ2n) is 7.43. The molecule has 2 N–H and O–H groups in total. The van der Waals surface area contributed by atoms with Crippen molar-refractivity contribution in [1.82, 2.24) is 18.7 Å². The Hall–Kier alpha value is -3.59. The van der Waals surface area contributed by atoms with Crippen molar-refractivity contribution in [3.63, 3.8) is 0 Å². The molecule has 0 saturated heterocycles. The van der Waals surface area contributed by atoms with E-state index in [1.54, 1.807) is 11.6 Å². The molecule has 9 heteroatoms. The van der Waals surface area contributed by atoms with Gasteiger partial charge in [0.25, 0.3) is 5.56 Å². The van der Waals surface area contributed by atoms with Gasteiger partial charge in [0.05, 0.1) is 6.54 Å². The predicted molar refractivity (Wildman–Crippen MR) is 120 cm³/mol. The van der Waals surface area contributed by atoms with Gasteiger partial charge in [-0.2, -0.15) is 4.98 Å². The minimum absolute atomic E-state index is 0.0374. The number of aliphatic hydroxyl groups excluding tert-OH is 1. The van der Waals surface area contributed by atoms with Crippen molar-refractivity contribution in [1.29, 1.82) is 0 Å². The van der Waals surface area contributed by atoms with Gasteiger partial charge in [0, 0.05) is 20.6 Å². The standard InChI is InChI=1S/C22H25N5O4/c1-4-23-21-24-19-18(20(29)26(3)22(30)25(19)2)27(21)12-16(28)13-31-17-10-9-14-7-5-6-8-15(14)11-17/h5-11,16,28H,4,12-13H2,1-3H3,(H,23,24). The van der Waals surface area contributed by atoms with Crippen molar-refractivity contribution in [3.05, 3.63) is 63.3 Å². The third-order valence-electron chi connectivity index (χ3n) is 5.24. The summed E-state index contributed by atoms with van der Waals surface area (Å²) >= 11 is 0. The van der Waals surface area contributed by atoms with Crippen LogP contribution in [0.2, 0.25) is 0 Å². The van der Waals surface area contributed by atoms with Crippen LogP contribution < -0.4 is 21.3 Å². The first-order chi connectivity index (χ1) is 14.9. The Bertz CT molecular complexity index is 1370. The van der Waals surface area contributed by atoms with Crippen LogP contribution in [0.5, 0.6) is 5.75 Å². The lowest BCUT2D eigenvalue weighted by Gasteiger charge is -2.16. The Morgan fingerprint density at radius 2 is 1.84 bits per heavy atom. The highest BCUT2D eigenvalue weighted by Crippen LogP contribution is 2.21. The molecule has 1 unspecified atom stereocenters. The summed E-state index contributed by atoms with van der Waals surface area (Å²) in [6, 6.07) is 13.7. The van der Waals surface area contributed by atoms with Crippen LogP contribution >= 0.6 is 0 Å². The molecule has 0 amide bonds. The number of anilines is 1. The number of benzene rings is 2. The molecule has 0 aliphatic carbocycles. The Morgan fingerprint density at radius 1 is 1.10 bits per heavy atom. The quantitative estimate of drug-likeness (QED) is 0.467. The first-order valence-electron chi connectivity index (χ1n) is 10.1. The molecule has 31 heavy (non-hydrogen) atoms. The van der Waals surface area contributed by atoms with Crippen molar-refractivity contribution >= 4 is 27.9 Å². The Morgan fingerprint density at radius 3 is 2.58 bits per heavy atom. The maximum atomic E-state index is 12.8. The number of hydrogen-bond donors (Lipinski definition) is 2. The van der Waals surface area contributed by atoms with E-state index in [4.69, 9.17) is 4.74 Å². The topological polar surface area (TPSA) is 103 Å². The van der Waals surface area contributed by atoms with E-state index in [1.165, 1.54) is 11.6 Å². The van der Waals surface area contributed by atoms with Gasteiger partial charge in [-0.25, -0.2) is 4.79 Å². The number of fused-ring (bicyclic) bond motifs is 2. The maximum Gasteiger partial charge on any atom is 0.332 e. The second kappa shape index (κ2) is 8.27. The smallest absolute Gasteiger partial charge is 0.332 e. The third kappa shape index (κ3) is 3.79. The van der Waals surface area contributed by atoms with E-state index in [9.17, 15) is 14.7 Å². The summed E-state index contributed by atoms with van der Waals surface area (Å²) in [5.74, 6) is 1.07. The fourth-order valence-corrected chi connectivity index (χ4v) is 3.63. The molecule has 1 atom stereocenters. The zero-order chi connectivity index (χ0) is 22.1. The van der Waals surface area contributed by atoms with E-state index in [-0.39, 0.29) is 24.3 Å². The van der Waals surface area contributed by atoms with E-state index in [2.05, 4.69) is 10.3 Å². The summed E-state index contributed by atoms with van der Waals surface area (Å²) in [6.45, 7) is 2.59. The van der Waals surface area contributed by atoms with E-state index in [0.29, 0.717) is 18.2 Å². The SMILES string of the molecule is CCNc1nc2c(c(=O)n(C)c(=O)n2C)n1CC(O)COc1ccc2ccccc2c1. The maximum absolute atomic E-state index is 12.8. The number of hydrogen-bond acceptors (Lipinski definition) is 6. The summed E-state index contributed by atoms with van der Waals surface area (Å²) in [6.07, 6.45) is -0.900. The van der Waals surface area contributed by atoms with Crippen molar-refractivity contribution in [2.45, 2.75) is 19.6 Å². The van der Waals surface area contributed by atoms with Crippen molar-refractivity contribution < 1.29 is 9.84 Å². The molecule has 9 nitrogen and oxygen atoms in total. The highest BCUT2D eigenvalue weighted by molar-refractivity contribution is 5.83. The number of nitrogens with one attached hydrogen (secondary N) is 1. The molecule has 0 aliphatic heterocycles. The average Bonchev–Trinajstić information content (AvgIpc) is 3.13. The Labute approximate surface area is 178 Å². The summed E-state index contributed by atoms with van der Waals surface area (Å²) in [7, 11) is 2.99. The van der Waals surface area contributed by atoms with Gasteiger partial charge in [0.15, 0.2) is 11.2 Å². The number of aryl methyl sites for hydroxylation is 1. The van der Waals surface area contributed by atoms with Gasteiger partial charge in [-0.05, 0) is 29.8 Å². The average molecular weight is 423 g/mol. The molecule has 2 heterocycles. The summed E-state index contributed by atoms with van der Waals surface area (Å²) in [4.78, 5) is 29.4. The highest BCUT2D eigenvalue weighted by atomic mass is 16.5. The number of nitrogens with zero attached hydrogens (tertiary/aromatic N) is 4. The number of imidazole rings is 1. The number of aliphatic hydroxyl groups is 1. The molecule has 4 aromatic rings. The molecule has 0 radical (unpaired) electrons. The van der Waals surface area contributed by atoms with Gasteiger partial charge < -0.3 is 19.7 Å². The van der Waals surface area contributed by atoms with Crippen LogP contribution in [0.4, 0.5) is 5.95 Å². The van der Waals surface area contributed by atoms with E-state index in [0.717, 1.165) is 15.3 Å². The lowest BCUT2D eigenvalue weighted by molar-refractivity contribution is 0.0939. The normalized spacial score (nSPS) is 12.4. The third-order valence-corrected chi connectivity index (χ3v) is 5.24. The molecule has 0 fully saturated rings. The van der Waals surface area contributed by atoms with E-state index in [1.807, 2.05) is 49.4 Å². The van der Waals surface area contributed by atoms with Crippen LogP contribution in [0.25, 0.3) is 21.9 Å². The molecule has 2 aromatic carbocycles. The number of aromatic nitrogens is 4. The summed E-state index contributed by atoms with van der Waals surface area (Å²) < 4.78 is 9.76. The van der Waals surface area contributed by atoms with Crippen molar-refractivity contribution in [2.24, 2.45) is 14.1 Å². The monoisotopic (exact) mass is 423 g/mol. The molecule has 0 spiro atoms. The molecule has 0 aliphatic rings. The second-order valence-corrected chi connectivity index (χ2v) is 7.43. The van der Waals surface area contributed by atoms with Crippen LogP contribution in [-0.4, -0.2) is 43.0 Å². The molecular weight excluding hydrogens is 398 g/mol. The molecule has 4 rings (SSSR count). The van der Waals surface area contributed by atoms with Crippen LogP contribution in [0.3, 0.4) is 0 Å². The first kappa shape index (κ1) is 20.7. The van der Waals surface area contributed by atoms with Gasteiger partial charge in [-0.15, -0.1) is 0 Å². The van der Waals surface area contributed by atoms with Gasteiger partial charge in [-0.1, -0.05) is 30.3 Å². The fraction of sp³-hybridized carbons (Fsp3) is 0.318. The molecule has 0 bridgehead atoms. The molecule has 2 aromatic heterocycles. The zero-order valence-corrected chi connectivity index (χ0v) is 17.7. The molecular formula is C22H25N5O4. The van der Waals surface area contributed by atoms with Crippen LogP contribution in [0.15, 0.2) is 52.1 Å². The minimum atomic E-state index is -0.900. The number of ether oxygens (including phenoxy) is 1. The first-order valence-corrected chi connectivity index (χ1v) is 10.1. The van der Waals surface area contributed by atoms with Crippen LogP contribution in [0, 0.1) is 0 Å². The minimum Gasteiger partial charge on any atom is -0.491 e. The predicted octanol–water partition coefficient (Wildman–Crippen LogP) is 1.46. The van der Waals surface area contributed by atoms with Gasteiger partial charge in [0.2, 0.25) is 5.95 Å².